The van der Waals surface area contributed by atoms with Crippen LogP contribution in [-0.4, -0.2) is 19.7 Å². The van der Waals surface area contributed by atoms with Crippen molar-refractivity contribution in [1.82, 2.24) is 0 Å². The molecule has 0 saturated heterocycles. The summed E-state index contributed by atoms with van der Waals surface area (Å²) in [4.78, 5) is 2.21. The second-order valence-corrected chi connectivity index (χ2v) is 3.82. The number of rotatable bonds is 1. The van der Waals surface area contributed by atoms with Gasteiger partial charge in [-0.2, -0.15) is 0 Å². The molecule has 1 aromatic rings. The molecule has 1 atom stereocenters. The third-order valence-corrected chi connectivity index (χ3v) is 2.53. The van der Waals surface area contributed by atoms with E-state index in [4.69, 9.17) is 10.5 Å². The van der Waals surface area contributed by atoms with Gasteiger partial charge in [-0.3, -0.25) is 0 Å². The number of hydrogen-bond donors (Lipinski definition) is 1. The van der Waals surface area contributed by atoms with Crippen LogP contribution in [0.25, 0.3) is 0 Å². The van der Waals surface area contributed by atoms with E-state index >= 15 is 0 Å². The average Bonchev–Trinajstić information content (AvgIpc) is 2.16. The maximum absolute atomic E-state index is 5.75. The summed E-state index contributed by atoms with van der Waals surface area (Å²) < 4.78 is 5.75. The molecular formula is C11H16N2O. The van der Waals surface area contributed by atoms with Gasteiger partial charge in [0.25, 0.3) is 0 Å². The lowest BCUT2D eigenvalue weighted by molar-refractivity contribution is 0.215. The third kappa shape index (κ3) is 1.55. The number of ether oxygens (including phenoxy) is 1. The molecule has 0 bridgehead atoms. The number of nitrogens with zero attached hydrogens (tertiary/aromatic N) is 1. The lowest BCUT2D eigenvalue weighted by Gasteiger charge is -2.32. The normalized spacial score (nSPS) is 20.2. The molecule has 0 aliphatic carbocycles. The highest BCUT2D eigenvalue weighted by Gasteiger charge is 2.19. The van der Waals surface area contributed by atoms with Crippen molar-refractivity contribution in [1.29, 1.82) is 0 Å². The summed E-state index contributed by atoms with van der Waals surface area (Å²) in [6.07, 6.45) is 0.250. The van der Waals surface area contributed by atoms with Crippen LogP contribution in [0.4, 0.5) is 5.69 Å². The van der Waals surface area contributed by atoms with Crippen LogP contribution in [0.3, 0.4) is 0 Å². The standard InChI is InChI=1S/C11H16N2O/c1-8-7-13(2)10-4-3-9(6-12)5-11(10)14-8/h3-5,8H,6-7,12H2,1-2H3. The smallest absolute Gasteiger partial charge is 0.143 e. The van der Waals surface area contributed by atoms with E-state index in [0.29, 0.717) is 6.54 Å². The Morgan fingerprint density at radius 1 is 1.57 bits per heavy atom. The molecule has 0 spiro atoms. The first-order chi connectivity index (χ1) is 6.70. The molecular weight excluding hydrogens is 176 g/mol. The Morgan fingerprint density at radius 3 is 3.07 bits per heavy atom. The molecule has 0 amide bonds. The number of fused-ring (bicyclic) bond motifs is 1. The summed E-state index contributed by atoms with van der Waals surface area (Å²) in [6.45, 7) is 3.58. The van der Waals surface area contributed by atoms with Crippen LogP contribution in [0.15, 0.2) is 18.2 Å². The van der Waals surface area contributed by atoms with E-state index in [1.54, 1.807) is 0 Å². The lowest BCUT2D eigenvalue weighted by atomic mass is 10.1. The van der Waals surface area contributed by atoms with Gasteiger partial charge in [0.05, 0.1) is 12.2 Å². The predicted molar refractivity (Wildman–Crippen MR) is 57.7 cm³/mol. The molecule has 2 N–H and O–H groups in total. The van der Waals surface area contributed by atoms with Crippen LogP contribution in [0.1, 0.15) is 12.5 Å². The molecule has 0 saturated carbocycles. The summed E-state index contributed by atoms with van der Waals surface area (Å²) in [6, 6.07) is 6.15. The fraction of sp³-hybridized carbons (Fsp3) is 0.455. The average molecular weight is 192 g/mol. The second kappa shape index (κ2) is 3.50. The van der Waals surface area contributed by atoms with E-state index in [-0.39, 0.29) is 6.10 Å². The van der Waals surface area contributed by atoms with Gasteiger partial charge in [-0.25, -0.2) is 0 Å². The zero-order chi connectivity index (χ0) is 10.1. The minimum atomic E-state index is 0.250. The predicted octanol–water partition coefficient (Wildman–Crippen LogP) is 1.36. The van der Waals surface area contributed by atoms with Gasteiger partial charge in [0.2, 0.25) is 0 Å². The van der Waals surface area contributed by atoms with E-state index in [2.05, 4.69) is 31.0 Å². The Kier molecular flexibility index (Phi) is 2.33. The zero-order valence-corrected chi connectivity index (χ0v) is 8.66. The minimum Gasteiger partial charge on any atom is -0.487 e. The quantitative estimate of drug-likeness (QED) is 0.730. The molecule has 2 rings (SSSR count). The van der Waals surface area contributed by atoms with Gasteiger partial charge < -0.3 is 15.4 Å². The first kappa shape index (κ1) is 9.34. The molecule has 14 heavy (non-hydrogen) atoms. The lowest BCUT2D eigenvalue weighted by Crippen LogP contribution is -2.35. The van der Waals surface area contributed by atoms with Crippen LogP contribution in [0.2, 0.25) is 0 Å². The first-order valence-electron chi connectivity index (χ1n) is 4.91. The monoisotopic (exact) mass is 192 g/mol. The fourth-order valence-electron chi connectivity index (χ4n) is 1.83. The molecule has 0 radical (unpaired) electrons. The van der Waals surface area contributed by atoms with E-state index in [1.165, 1.54) is 0 Å². The van der Waals surface area contributed by atoms with Gasteiger partial charge in [-0.15, -0.1) is 0 Å². The topological polar surface area (TPSA) is 38.5 Å². The Morgan fingerprint density at radius 2 is 2.36 bits per heavy atom. The van der Waals surface area contributed by atoms with E-state index in [9.17, 15) is 0 Å². The maximum atomic E-state index is 5.75. The van der Waals surface area contributed by atoms with Crippen molar-refractivity contribution in [3.63, 3.8) is 0 Å². The second-order valence-electron chi connectivity index (χ2n) is 3.82. The largest absolute Gasteiger partial charge is 0.487 e. The summed E-state index contributed by atoms with van der Waals surface area (Å²) >= 11 is 0. The van der Waals surface area contributed by atoms with Crippen molar-refractivity contribution in [2.24, 2.45) is 5.73 Å². The van der Waals surface area contributed by atoms with Crippen molar-refractivity contribution in [3.05, 3.63) is 23.8 Å². The van der Waals surface area contributed by atoms with Gasteiger partial charge >= 0.3 is 0 Å². The summed E-state index contributed by atoms with van der Waals surface area (Å²) in [5, 5.41) is 0. The summed E-state index contributed by atoms with van der Waals surface area (Å²) in [5.41, 5.74) is 7.85. The summed E-state index contributed by atoms with van der Waals surface area (Å²) in [7, 11) is 2.08. The van der Waals surface area contributed by atoms with Crippen LogP contribution >= 0.6 is 0 Å². The molecule has 1 aliphatic rings. The Hall–Kier alpha value is -1.22. The van der Waals surface area contributed by atoms with E-state index < -0.39 is 0 Å². The summed E-state index contributed by atoms with van der Waals surface area (Å²) in [5.74, 6) is 0.953. The molecule has 1 unspecified atom stereocenters. The first-order valence-corrected chi connectivity index (χ1v) is 4.91. The Bertz CT molecular complexity index is 338. The zero-order valence-electron chi connectivity index (χ0n) is 8.66. The van der Waals surface area contributed by atoms with Crippen molar-refractivity contribution < 1.29 is 4.74 Å². The van der Waals surface area contributed by atoms with E-state index in [1.807, 2.05) is 6.07 Å². The number of nitrogens with two attached hydrogens (primary N) is 1. The van der Waals surface area contributed by atoms with Gasteiger partial charge in [0, 0.05) is 13.6 Å². The van der Waals surface area contributed by atoms with Crippen molar-refractivity contribution in [2.45, 2.75) is 19.6 Å². The fourth-order valence-corrected chi connectivity index (χ4v) is 1.83. The molecule has 1 aliphatic heterocycles. The number of likely N-dealkylation sites (N-methyl/N-ethyl adjacent to an activating group) is 1. The van der Waals surface area contributed by atoms with Crippen LogP contribution in [0, 0.1) is 0 Å². The van der Waals surface area contributed by atoms with Crippen molar-refractivity contribution in [2.75, 3.05) is 18.5 Å². The van der Waals surface area contributed by atoms with Crippen molar-refractivity contribution in [3.8, 4) is 5.75 Å². The number of benzene rings is 1. The number of anilines is 1. The Labute approximate surface area is 84.5 Å². The minimum absolute atomic E-state index is 0.250. The highest BCUT2D eigenvalue weighted by Crippen LogP contribution is 2.33. The molecule has 0 fully saturated rings. The van der Waals surface area contributed by atoms with Crippen LogP contribution in [-0.2, 0) is 6.54 Å². The Balaban J connectivity index is 2.39. The van der Waals surface area contributed by atoms with Gasteiger partial charge in [0.15, 0.2) is 0 Å². The maximum Gasteiger partial charge on any atom is 0.143 e. The molecule has 76 valence electrons. The third-order valence-electron chi connectivity index (χ3n) is 2.53. The highest BCUT2D eigenvalue weighted by molar-refractivity contribution is 5.60. The molecule has 0 aromatic heterocycles. The van der Waals surface area contributed by atoms with Gasteiger partial charge in [-0.05, 0) is 24.6 Å². The van der Waals surface area contributed by atoms with E-state index in [0.717, 1.165) is 23.5 Å². The SMILES string of the molecule is CC1CN(C)c2ccc(CN)cc2O1. The molecule has 3 heteroatoms. The number of hydrogen-bond acceptors (Lipinski definition) is 3. The van der Waals surface area contributed by atoms with Crippen LogP contribution < -0.4 is 15.4 Å². The van der Waals surface area contributed by atoms with Crippen molar-refractivity contribution >= 4 is 5.69 Å². The highest BCUT2D eigenvalue weighted by atomic mass is 16.5. The molecule has 3 nitrogen and oxygen atoms in total. The molecule has 1 heterocycles. The van der Waals surface area contributed by atoms with Crippen LogP contribution in [0.5, 0.6) is 5.75 Å². The molecule has 1 aromatic carbocycles. The van der Waals surface area contributed by atoms with Gasteiger partial charge in [0.1, 0.15) is 11.9 Å². The van der Waals surface area contributed by atoms with Gasteiger partial charge in [-0.1, -0.05) is 6.07 Å².